The van der Waals surface area contributed by atoms with Gasteiger partial charge >= 0.3 is 0 Å². The Morgan fingerprint density at radius 1 is 1.41 bits per heavy atom. The molecule has 2 rings (SSSR count). The molecule has 1 saturated heterocycles. The number of ether oxygens (including phenoxy) is 1. The minimum absolute atomic E-state index is 0.0402. The molecule has 4 heteroatoms. The molecule has 1 heterocycles. The SMILES string of the molecule is COc1ccc(/C=C(\C)CNC2CCN(C(C)C)C2=O)cc1. The van der Waals surface area contributed by atoms with E-state index in [1.165, 1.54) is 5.57 Å². The van der Waals surface area contributed by atoms with Crippen molar-refractivity contribution in [1.29, 1.82) is 0 Å². The van der Waals surface area contributed by atoms with Crippen LogP contribution in [0.5, 0.6) is 5.75 Å². The number of hydrogen-bond donors (Lipinski definition) is 1. The number of nitrogens with one attached hydrogen (secondary N) is 1. The normalized spacial score (nSPS) is 19.1. The van der Waals surface area contributed by atoms with Gasteiger partial charge in [0, 0.05) is 19.1 Å². The van der Waals surface area contributed by atoms with Crippen LogP contribution in [0, 0.1) is 0 Å². The molecule has 1 aromatic carbocycles. The fourth-order valence-corrected chi connectivity index (χ4v) is 2.72. The first kappa shape index (κ1) is 16.6. The van der Waals surface area contributed by atoms with Gasteiger partial charge in [-0.1, -0.05) is 23.8 Å². The van der Waals surface area contributed by atoms with Crippen molar-refractivity contribution in [2.24, 2.45) is 0 Å². The predicted molar refractivity (Wildman–Crippen MR) is 89.9 cm³/mol. The Balaban J connectivity index is 1.88. The quantitative estimate of drug-likeness (QED) is 0.878. The summed E-state index contributed by atoms with van der Waals surface area (Å²) in [6.07, 6.45) is 3.03. The summed E-state index contributed by atoms with van der Waals surface area (Å²) in [7, 11) is 1.67. The number of likely N-dealkylation sites (tertiary alicyclic amines) is 1. The van der Waals surface area contributed by atoms with Crippen LogP contribution in [0.1, 0.15) is 32.8 Å². The average molecular weight is 302 g/mol. The molecule has 0 spiro atoms. The van der Waals surface area contributed by atoms with Crippen LogP contribution in [0.4, 0.5) is 0 Å². The van der Waals surface area contributed by atoms with Crippen molar-refractivity contribution < 1.29 is 9.53 Å². The lowest BCUT2D eigenvalue weighted by atomic mass is 10.1. The van der Waals surface area contributed by atoms with E-state index in [1.807, 2.05) is 29.2 Å². The predicted octanol–water partition coefficient (Wildman–Crippen LogP) is 2.70. The standard InChI is InChI=1S/C18H26N2O2/c1-13(2)20-10-9-17(18(20)21)19-12-14(3)11-15-5-7-16(22-4)8-6-15/h5-8,11,13,17,19H,9-10,12H2,1-4H3/b14-11+. The summed E-state index contributed by atoms with van der Waals surface area (Å²) in [5.41, 5.74) is 2.35. The van der Waals surface area contributed by atoms with Gasteiger partial charge in [0.05, 0.1) is 13.2 Å². The molecule has 0 bridgehead atoms. The van der Waals surface area contributed by atoms with Crippen LogP contribution < -0.4 is 10.1 Å². The van der Waals surface area contributed by atoms with Gasteiger partial charge in [-0.05, 0) is 44.9 Å². The van der Waals surface area contributed by atoms with Gasteiger partial charge in [-0.3, -0.25) is 4.79 Å². The van der Waals surface area contributed by atoms with Gasteiger partial charge in [0.25, 0.3) is 0 Å². The molecule has 0 aliphatic carbocycles. The molecular formula is C18H26N2O2. The van der Waals surface area contributed by atoms with E-state index in [9.17, 15) is 4.79 Å². The summed E-state index contributed by atoms with van der Waals surface area (Å²) in [4.78, 5) is 14.2. The van der Waals surface area contributed by atoms with Crippen molar-refractivity contribution in [3.8, 4) is 5.75 Å². The molecule has 1 aliphatic rings. The maximum absolute atomic E-state index is 12.2. The Labute approximate surface area is 133 Å². The van der Waals surface area contributed by atoms with Crippen LogP contribution in [0.2, 0.25) is 0 Å². The lowest BCUT2D eigenvalue weighted by Crippen LogP contribution is -2.41. The number of benzene rings is 1. The summed E-state index contributed by atoms with van der Waals surface area (Å²) in [5, 5.41) is 3.37. The molecule has 1 aliphatic heterocycles. The number of carbonyl (C=O) groups excluding carboxylic acids is 1. The molecule has 1 N–H and O–H groups in total. The van der Waals surface area contributed by atoms with E-state index in [0.29, 0.717) is 0 Å². The summed E-state index contributed by atoms with van der Waals surface area (Å²) in [6, 6.07) is 8.21. The van der Waals surface area contributed by atoms with E-state index in [-0.39, 0.29) is 18.0 Å². The lowest BCUT2D eigenvalue weighted by Gasteiger charge is -2.21. The minimum Gasteiger partial charge on any atom is -0.497 e. The summed E-state index contributed by atoms with van der Waals surface area (Å²) < 4.78 is 5.16. The summed E-state index contributed by atoms with van der Waals surface area (Å²) in [5.74, 6) is 1.09. The Morgan fingerprint density at radius 3 is 2.64 bits per heavy atom. The van der Waals surface area contributed by atoms with Gasteiger partial charge in [-0.25, -0.2) is 0 Å². The van der Waals surface area contributed by atoms with Crippen LogP contribution in [-0.4, -0.2) is 43.1 Å². The zero-order chi connectivity index (χ0) is 16.1. The fourth-order valence-electron chi connectivity index (χ4n) is 2.72. The maximum atomic E-state index is 12.2. The summed E-state index contributed by atoms with van der Waals surface area (Å²) in [6.45, 7) is 7.80. The number of rotatable bonds is 6. The first-order chi connectivity index (χ1) is 10.5. The van der Waals surface area contributed by atoms with E-state index in [2.05, 4.69) is 32.2 Å². The highest BCUT2D eigenvalue weighted by atomic mass is 16.5. The maximum Gasteiger partial charge on any atom is 0.240 e. The topological polar surface area (TPSA) is 41.6 Å². The first-order valence-corrected chi connectivity index (χ1v) is 7.86. The van der Waals surface area contributed by atoms with Crippen LogP contribution >= 0.6 is 0 Å². The Kier molecular flexibility index (Phi) is 5.61. The summed E-state index contributed by atoms with van der Waals surface area (Å²) >= 11 is 0. The largest absolute Gasteiger partial charge is 0.497 e. The van der Waals surface area contributed by atoms with Crippen LogP contribution in [0.25, 0.3) is 6.08 Å². The molecular weight excluding hydrogens is 276 g/mol. The van der Waals surface area contributed by atoms with Crippen molar-refractivity contribution >= 4 is 12.0 Å². The van der Waals surface area contributed by atoms with Crippen LogP contribution in [0.15, 0.2) is 29.8 Å². The molecule has 4 nitrogen and oxygen atoms in total. The zero-order valence-electron chi connectivity index (χ0n) is 13.9. The Bertz CT molecular complexity index is 535. The lowest BCUT2D eigenvalue weighted by molar-refractivity contribution is -0.130. The molecule has 0 aromatic heterocycles. The number of hydrogen-bond acceptors (Lipinski definition) is 3. The second-order valence-corrected chi connectivity index (χ2v) is 6.11. The second-order valence-electron chi connectivity index (χ2n) is 6.11. The molecule has 1 atom stereocenters. The first-order valence-electron chi connectivity index (χ1n) is 7.86. The van der Waals surface area contributed by atoms with Crippen molar-refractivity contribution in [2.75, 3.05) is 20.2 Å². The average Bonchev–Trinajstić information content (AvgIpc) is 2.87. The third-order valence-corrected chi connectivity index (χ3v) is 4.02. The number of carbonyl (C=O) groups is 1. The van der Waals surface area contributed by atoms with Crippen LogP contribution in [0.3, 0.4) is 0 Å². The number of amides is 1. The van der Waals surface area contributed by atoms with Gasteiger partial charge in [-0.15, -0.1) is 0 Å². The van der Waals surface area contributed by atoms with E-state index < -0.39 is 0 Å². The molecule has 22 heavy (non-hydrogen) atoms. The number of methoxy groups -OCH3 is 1. The zero-order valence-corrected chi connectivity index (χ0v) is 13.9. The van der Waals surface area contributed by atoms with Gasteiger partial charge in [0.1, 0.15) is 5.75 Å². The van der Waals surface area contributed by atoms with E-state index in [0.717, 1.165) is 30.8 Å². The second kappa shape index (κ2) is 7.45. The molecule has 1 fully saturated rings. The molecule has 1 unspecified atom stereocenters. The van der Waals surface area contributed by atoms with Crippen LogP contribution in [-0.2, 0) is 4.79 Å². The van der Waals surface area contributed by atoms with Gasteiger partial charge in [-0.2, -0.15) is 0 Å². The van der Waals surface area contributed by atoms with Crippen molar-refractivity contribution in [3.63, 3.8) is 0 Å². The highest BCUT2D eigenvalue weighted by Gasteiger charge is 2.32. The van der Waals surface area contributed by atoms with E-state index >= 15 is 0 Å². The Hall–Kier alpha value is -1.81. The molecule has 0 saturated carbocycles. The van der Waals surface area contributed by atoms with Crippen molar-refractivity contribution in [1.82, 2.24) is 10.2 Å². The van der Waals surface area contributed by atoms with E-state index in [1.54, 1.807) is 7.11 Å². The fraction of sp³-hybridized carbons (Fsp3) is 0.500. The molecule has 120 valence electrons. The third kappa shape index (κ3) is 4.10. The van der Waals surface area contributed by atoms with Crippen molar-refractivity contribution in [2.45, 2.75) is 39.3 Å². The molecule has 0 radical (unpaired) electrons. The molecule has 1 amide bonds. The van der Waals surface area contributed by atoms with Crippen molar-refractivity contribution in [3.05, 3.63) is 35.4 Å². The highest BCUT2D eigenvalue weighted by molar-refractivity contribution is 5.84. The minimum atomic E-state index is -0.0402. The monoisotopic (exact) mass is 302 g/mol. The van der Waals surface area contributed by atoms with Gasteiger partial charge in [0.15, 0.2) is 0 Å². The highest BCUT2D eigenvalue weighted by Crippen LogP contribution is 2.16. The smallest absolute Gasteiger partial charge is 0.240 e. The number of nitrogens with zero attached hydrogens (tertiary/aromatic N) is 1. The molecule has 1 aromatic rings. The van der Waals surface area contributed by atoms with Gasteiger partial charge < -0.3 is 15.0 Å². The van der Waals surface area contributed by atoms with Gasteiger partial charge in [0.2, 0.25) is 5.91 Å². The third-order valence-electron chi connectivity index (χ3n) is 4.02. The Morgan fingerprint density at radius 2 is 2.09 bits per heavy atom. The van der Waals surface area contributed by atoms with E-state index in [4.69, 9.17) is 4.74 Å².